The minimum absolute atomic E-state index is 0.795. The molecule has 10 aromatic carbocycles. The Kier molecular flexibility index (Phi) is 7.36. The monoisotopic (exact) mass is 812 g/mol. The highest BCUT2D eigenvalue weighted by atomic mass is 15.1. The predicted octanol–water partition coefficient (Wildman–Crippen LogP) is 15.6. The molecule has 0 aliphatic carbocycles. The van der Waals surface area contributed by atoms with Crippen molar-refractivity contribution in [2.24, 2.45) is 0 Å². The van der Waals surface area contributed by atoms with Crippen molar-refractivity contribution < 1.29 is 0 Å². The summed E-state index contributed by atoms with van der Waals surface area (Å²) in [6, 6.07) is 79.1. The molecule has 0 saturated heterocycles. The second kappa shape index (κ2) is 13.4. The summed E-state index contributed by atoms with van der Waals surface area (Å²) in [5.74, 6) is 0.795. The Morgan fingerprint density at radius 3 is 1.64 bits per heavy atom. The van der Waals surface area contributed by atoms with Gasteiger partial charge in [-0.25, -0.2) is 9.97 Å². The van der Waals surface area contributed by atoms with Gasteiger partial charge in [0.2, 0.25) is 0 Å². The molecule has 1 aliphatic rings. The molecule has 0 saturated carbocycles. The van der Waals surface area contributed by atoms with Crippen LogP contribution in [-0.4, -0.2) is 19.1 Å². The summed E-state index contributed by atoms with van der Waals surface area (Å²) >= 11 is 0. The third kappa shape index (κ3) is 5.05. The van der Waals surface area contributed by atoms with E-state index in [1.165, 1.54) is 49.7 Å². The molecule has 0 spiro atoms. The molecule has 4 nitrogen and oxygen atoms in total. The maximum absolute atomic E-state index is 5.78. The zero-order valence-corrected chi connectivity index (χ0v) is 34.6. The van der Waals surface area contributed by atoms with E-state index in [0.29, 0.717) is 0 Å². The van der Waals surface area contributed by atoms with Gasteiger partial charge in [0, 0.05) is 43.6 Å². The molecule has 14 rings (SSSR count). The molecular weight excluding hydrogens is 777 g/mol. The van der Waals surface area contributed by atoms with Crippen LogP contribution in [0.2, 0.25) is 0 Å². The molecule has 64 heavy (non-hydrogen) atoms. The van der Waals surface area contributed by atoms with Crippen molar-refractivity contribution in [1.29, 1.82) is 0 Å². The van der Waals surface area contributed by atoms with E-state index in [2.05, 4.69) is 228 Å². The number of fused-ring (bicyclic) bond motifs is 14. The van der Waals surface area contributed by atoms with E-state index in [0.717, 1.165) is 82.9 Å². The molecule has 0 fully saturated rings. The number of hydrogen-bond acceptors (Lipinski definition) is 2. The summed E-state index contributed by atoms with van der Waals surface area (Å²) < 4.78 is 4.89. The van der Waals surface area contributed by atoms with Crippen LogP contribution in [0.3, 0.4) is 0 Å². The second-order valence-electron chi connectivity index (χ2n) is 16.9. The number of benzene rings is 10. The van der Waals surface area contributed by atoms with Crippen molar-refractivity contribution in [2.45, 2.75) is 0 Å². The molecule has 0 unspecified atom stereocenters. The lowest BCUT2D eigenvalue weighted by Crippen LogP contribution is -2.04. The van der Waals surface area contributed by atoms with E-state index in [-0.39, 0.29) is 0 Å². The molecule has 0 bridgehead atoms. The van der Waals surface area contributed by atoms with Crippen LogP contribution in [0.5, 0.6) is 0 Å². The van der Waals surface area contributed by atoms with Crippen molar-refractivity contribution in [3.63, 3.8) is 0 Å². The average molecular weight is 813 g/mol. The number of rotatable bonds is 4. The lowest BCUT2D eigenvalue weighted by molar-refractivity contribution is 1.08. The van der Waals surface area contributed by atoms with Gasteiger partial charge in [-0.15, -0.1) is 0 Å². The highest BCUT2D eigenvalue weighted by Gasteiger charge is 2.27. The molecule has 0 radical (unpaired) electrons. The minimum Gasteiger partial charge on any atom is -0.308 e. The lowest BCUT2D eigenvalue weighted by atomic mass is 9.94. The van der Waals surface area contributed by atoms with Gasteiger partial charge in [-0.1, -0.05) is 170 Å². The van der Waals surface area contributed by atoms with Crippen molar-refractivity contribution in [3.05, 3.63) is 218 Å². The van der Waals surface area contributed by atoms with Gasteiger partial charge in [0.25, 0.3) is 0 Å². The first-order valence-electron chi connectivity index (χ1n) is 21.9. The molecule has 4 heteroatoms. The smallest absolute Gasteiger partial charge is 0.165 e. The molecule has 4 heterocycles. The lowest BCUT2D eigenvalue weighted by Gasteiger charge is -2.17. The summed E-state index contributed by atoms with van der Waals surface area (Å²) in [7, 11) is 0. The molecule has 0 N–H and O–H groups in total. The number of aromatic nitrogens is 4. The van der Waals surface area contributed by atoms with Crippen LogP contribution in [0.1, 0.15) is 0 Å². The van der Waals surface area contributed by atoms with Gasteiger partial charge in [-0.05, 0) is 87.3 Å². The van der Waals surface area contributed by atoms with E-state index >= 15 is 0 Å². The molecule has 13 aromatic rings. The van der Waals surface area contributed by atoms with E-state index in [1.807, 2.05) is 0 Å². The number of para-hydroxylation sites is 3. The summed E-state index contributed by atoms with van der Waals surface area (Å²) in [5.41, 5.74) is 18.8. The van der Waals surface area contributed by atoms with E-state index in [4.69, 9.17) is 9.97 Å². The second-order valence-corrected chi connectivity index (χ2v) is 16.9. The van der Waals surface area contributed by atoms with Gasteiger partial charge in [0.1, 0.15) is 5.69 Å². The van der Waals surface area contributed by atoms with Crippen molar-refractivity contribution in [3.8, 4) is 67.3 Å². The van der Waals surface area contributed by atoms with Gasteiger partial charge < -0.3 is 4.57 Å². The summed E-state index contributed by atoms with van der Waals surface area (Å²) in [5, 5.41) is 6.96. The van der Waals surface area contributed by atoms with Crippen LogP contribution in [0, 0.1) is 0 Å². The standard InChI is InChI=1S/C60H36N4/c1-3-16-37(17-4-1)40-32-41(38-18-5-2-6-19-38)34-42(33-40)57-60(62-58-43-21-8-7-20-39(43)30-31-52(58)61-57)64-54-29-14-12-25-47(54)50-35-55-51(36-56(50)64)49-27-15-26-48-45-23-10-9-22-44(45)46-24-11-13-28-53(46)63(55)59(48)49/h1-36H. The third-order valence-corrected chi connectivity index (χ3v) is 13.4. The van der Waals surface area contributed by atoms with Crippen LogP contribution in [0.25, 0.3) is 133 Å². The topological polar surface area (TPSA) is 35.6 Å². The first-order chi connectivity index (χ1) is 31.7. The quantitative estimate of drug-likeness (QED) is 0.166. The zero-order valence-electron chi connectivity index (χ0n) is 34.6. The van der Waals surface area contributed by atoms with Gasteiger partial charge in [-0.2, -0.15) is 0 Å². The van der Waals surface area contributed by atoms with Crippen LogP contribution in [0.15, 0.2) is 218 Å². The average Bonchev–Trinajstić information content (AvgIpc) is 3.83. The highest BCUT2D eigenvalue weighted by molar-refractivity contribution is 6.22. The Hall–Kier alpha value is -8.60. The number of nitrogens with zero attached hydrogens (tertiary/aromatic N) is 4. The fourth-order valence-electron chi connectivity index (χ4n) is 10.6. The molecule has 0 amide bonds. The van der Waals surface area contributed by atoms with Gasteiger partial charge in [-0.3, -0.25) is 4.57 Å². The SMILES string of the molecule is c1ccc(-c2cc(-c3ccccc3)cc(-c3nc4ccc5ccccc5c4nc3-n3c4ccccc4c4cc5c(cc43)c3cccc4c3n5-c3ccccc3-c3ccccc3-4)c2)cc1. The molecular formula is C60H36N4. The molecule has 296 valence electrons. The fraction of sp³-hybridized carbons (Fsp3) is 0. The Morgan fingerprint density at radius 1 is 0.312 bits per heavy atom. The maximum atomic E-state index is 5.78. The molecule has 3 aromatic heterocycles. The summed E-state index contributed by atoms with van der Waals surface area (Å²) in [6.45, 7) is 0. The normalized spacial score (nSPS) is 12.1. The van der Waals surface area contributed by atoms with Crippen LogP contribution in [-0.2, 0) is 0 Å². The maximum Gasteiger partial charge on any atom is 0.165 e. The van der Waals surface area contributed by atoms with E-state index in [1.54, 1.807) is 0 Å². The zero-order chi connectivity index (χ0) is 41.9. The van der Waals surface area contributed by atoms with Crippen molar-refractivity contribution in [2.75, 3.05) is 0 Å². The number of hydrogen-bond donors (Lipinski definition) is 0. The first kappa shape index (κ1) is 35.0. The largest absolute Gasteiger partial charge is 0.308 e. The van der Waals surface area contributed by atoms with E-state index in [9.17, 15) is 0 Å². The fourth-order valence-corrected chi connectivity index (χ4v) is 10.6. The Balaban J connectivity index is 1.13. The van der Waals surface area contributed by atoms with Crippen LogP contribution < -0.4 is 0 Å². The van der Waals surface area contributed by atoms with Gasteiger partial charge in [0.15, 0.2) is 5.82 Å². The Bertz CT molecular complexity index is 4010. The van der Waals surface area contributed by atoms with Crippen molar-refractivity contribution in [1.82, 2.24) is 19.1 Å². The summed E-state index contributed by atoms with van der Waals surface area (Å²) in [4.78, 5) is 11.4. The van der Waals surface area contributed by atoms with Crippen LogP contribution >= 0.6 is 0 Å². The highest BCUT2D eigenvalue weighted by Crippen LogP contribution is 2.48. The predicted molar refractivity (Wildman–Crippen MR) is 266 cm³/mol. The van der Waals surface area contributed by atoms with Gasteiger partial charge >= 0.3 is 0 Å². The third-order valence-electron chi connectivity index (χ3n) is 13.4. The minimum atomic E-state index is 0.795. The molecule has 0 atom stereocenters. The van der Waals surface area contributed by atoms with Crippen molar-refractivity contribution >= 4 is 65.4 Å². The Morgan fingerprint density at radius 2 is 0.875 bits per heavy atom. The Labute approximate surface area is 368 Å². The first-order valence-corrected chi connectivity index (χ1v) is 21.9. The molecule has 1 aliphatic heterocycles. The van der Waals surface area contributed by atoms with Gasteiger partial charge in [0.05, 0.1) is 38.8 Å². The summed E-state index contributed by atoms with van der Waals surface area (Å²) in [6.07, 6.45) is 0. The van der Waals surface area contributed by atoms with Crippen LogP contribution in [0.4, 0.5) is 0 Å². The van der Waals surface area contributed by atoms with E-state index < -0.39 is 0 Å².